The Morgan fingerprint density at radius 2 is 0.933 bits per heavy atom. The van der Waals surface area contributed by atoms with E-state index in [4.69, 9.17) is 4.42 Å². The molecule has 2 aliphatic rings. The summed E-state index contributed by atoms with van der Waals surface area (Å²) in [6, 6.07) is 79.4. The van der Waals surface area contributed by atoms with Crippen LogP contribution < -0.4 is 4.90 Å². The molecule has 0 saturated heterocycles. The van der Waals surface area contributed by atoms with E-state index in [-0.39, 0.29) is 0 Å². The summed E-state index contributed by atoms with van der Waals surface area (Å²) < 4.78 is 9.55. The first-order valence-electron chi connectivity index (χ1n) is 20.7. The van der Waals surface area contributed by atoms with E-state index < -0.39 is 5.41 Å². The minimum Gasteiger partial charge on any atom is -0.459 e. The van der Waals surface area contributed by atoms with Gasteiger partial charge in [-0.1, -0.05) is 146 Å². The number of hydrogen-bond acceptors (Lipinski definition) is 2. The van der Waals surface area contributed by atoms with Crippen molar-refractivity contribution >= 4 is 49.8 Å². The van der Waals surface area contributed by atoms with Crippen molar-refractivity contribution in [3.63, 3.8) is 0 Å². The highest BCUT2D eigenvalue weighted by Crippen LogP contribution is 2.65. The summed E-state index contributed by atoms with van der Waals surface area (Å²) in [5.41, 5.74) is 18.1. The van der Waals surface area contributed by atoms with Crippen LogP contribution in [0.1, 0.15) is 22.5 Å². The predicted octanol–water partition coefficient (Wildman–Crippen LogP) is 15.0. The van der Waals surface area contributed by atoms with Crippen LogP contribution in [0.25, 0.3) is 71.8 Å². The van der Waals surface area contributed by atoms with E-state index in [1.807, 2.05) is 0 Å². The average molecular weight is 765 g/mol. The second kappa shape index (κ2) is 12.6. The lowest BCUT2D eigenvalue weighted by Gasteiger charge is -2.31. The van der Waals surface area contributed by atoms with Gasteiger partial charge in [-0.25, -0.2) is 0 Å². The number of furan rings is 1. The molecule has 11 aromatic rings. The fraction of sp³-hybridized carbons (Fsp3) is 0.0175. The van der Waals surface area contributed by atoms with E-state index in [1.165, 1.54) is 71.9 Å². The fourth-order valence-corrected chi connectivity index (χ4v) is 10.5. The molecule has 60 heavy (non-hydrogen) atoms. The second-order valence-corrected chi connectivity index (χ2v) is 16.0. The van der Waals surface area contributed by atoms with Gasteiger partial charge in [-0.3, -0.25) is 0 Å². The first kappa shape index (κ1) is 33.1. The molecule has 13 rings (SSSR count). The first-order valence-corrected chi connectivity index (χ1v) is 20.7. The topological polar surface area (TPSA) is 21.3 Å². The van der Waals surface area contributed by atoms with Crippen molar-refractivity contribution in [2.75, 3.05) is 4.90 Å². The molecule has 1 atom stereocenters. The molecule has 280 valence electrons. The number of benzene rings is 9. The van der Waals surface area contributed by atoms with Crippen LogP contribution in [0.3, 0.4) is 0 Å². The van der Waals surface area contributed by atoms with E-state index >= 15 is 0 Å². The van der Waals surface area contributed by atoms with E-state index in [2.05, 4.69) is 228 Å². The van der Waals surface area contributed by atoms with E-state index in [0.717, 1.165) is 39.5 Å². The van der Waals surface area contributed by atoms with Crippen LogP contribution in [-0.4, -0.2) is 4.57 Å². The van der Waals surface area contributed by atoms with Gasteiger partial charge in [0.25, 0.3) is 0 Å². The van der Waals surface area contributed by atoms with Crippen LogP contribution in [0.5, 0.6) is 0 Å². The Balaban J connectivity index is 1.04. The van der Waals surface area contributed by atoms with Crippen molar-refractivity contribution in [2.24, 2.45) is 0 Å². The summed E-state index contributed by atoms with van der Waals surface area (Å²) >= 11 is 0. The van der Waals surface area contributed by atoms with Crippen molar-refractivity contribution in [3.8, 4) is 39.1 Å². The van der Waals surface area contributed by atoms with Crippen LogP contribution in [0.15, 0.2) is 223 Å². The average Bonchev–Trinajstić information content (AvgIpc) is 4.03. The molecule has 0 N–H and O–H groups in total. The van der Waals surface area contributed by atoms with E-state index in [0.29, 0.717) is 0 Å². The Morgan fingerprint density at radius 3 is 1.65 bits per heavy atom. The normalized spacial score (nSPS) is 14.7. The minimum atomic E-state index is -0.677. The molecular weight excluding hydrogens is 729 g/mol. The zero-order chi connectivity index (χ0) is 39.4. The van der Waals surface area contributed by atoms with Gasteiger partial charge in [0.15, 0.2) is 0 Å². The van der Waals surface area contributed by atoms with E-state index in [9.17, 15) is 0 Å². The summed E-state index contributed by atoms with van der Waals surface area (Å²) in [4.78, 5) is 2.36. The molecule has 3 nitrogen and oxygen atoms in total. The lowest BCUT2D eigenvalue weighted by molar-refractivity contribution is 0.507. The van der Waals surface area contributed by atoms with Crippen LogP contribution in [0, 0.1) is 0 Å². The van der Waals surface area contributed by atoms with Gasteiger partial charge < -0.3 is 13.9 Å². The molecule has 9 aromatic carbocycles. The summed E-state index contributed by atoms with van der Waals surface area (Å²) in [6.45, 7) is 0. The highest BCUT2D eigenvalue weighted by atomic mass is 16.3. The van der Waals surface area contributed by atoms with Gasteiger partial charge in [0.05, 0.1) is 11.0 Å². The smallest absolute Gasteiger partial charge is 0.135 e. The molecule has 1 spiro atoms. The Labute approximate surface area is 347 Å². The van der Waals surface area contributed by atoms with Gasteiger partial charge in [-0.05, 0) is 117 Å². The lowest BCUT2D eigenvalue weighted by Crippen LogP contribution is -2.26. The Bertz CT molecular complexity index is 3390. The van der Waals surface area contributed by atoms with Crippen LogP contribution in [0.4, 0.5) is 17.1 Å². The first-order chi connectivity index (χ1) is 29.8. The Morgan fingerprint density at radius 1 is 0.383 bits per heavy atom. The molecule has 0 bridgehead atoms. The zero-order valence-electron chi connectivity index (χ0n) is 32.6. The monoisotopic (exact) mass is 764 g/mol. The summed E-state index contributed by atoms with van der Waals surface area (Å²) in [5.74, 6) is 0.992. The summed E-state index contributed by atoms with van der Waals surface area (Å²) in [7, 11) is 0. The van der Waals surface area contributed by atoms with Gasteiger partial charge in [-0.15, -0.1) is 0 Å². The number of para-hydroxylation sites is 5. The third-order valence-corrected chi connectivity index (χ3v) is 13.0. The molecule has 1 unspecified atom stereocenters. The molecular formula is C57H36N2O. The maximum absolute atomic E-state index is 7.17. The molecule has 0 saturated carbocycles. The molecule has 2 aliphatic carbocycles. The number of nitrogens with zero attached hydrogens (tertiary/aromatic N) is 2. The molecule has 0 amide bonds. The van der Waals surface area contributed by atoms with Crippen LogP contribution >= 0.6 is 0 Å². The number of hydrogen-bond donors (Lipinski definition) is 0. The fourth-order valence-electron chi connectivity index (χ4n) is 10.5. The number of anilines is 3. The molecule has 2 aromatic heterocycles. The van der Waals surface area contributed by atoms with Gasteiger partial charge >= 0.3 is 0 Å². The SMILES string of the molecule is c1ccc(N(c2ccccc2)c2ccc3c(c2)C2(c4ccccc4-3)c3cc(-c4ccc(-n5c6ccccc6c6ccccc65)cc4)ccc3-c3c2oc2ccccc32)cc1. The van der Waals surface area contributed by atoms with Gasteiger partial charge in [-0.2, -0.15) is 0 Å². The highest BCUT2D eigenvalue weighted by Gasteiger charge is 2.55. The summed E-state index contributed by atoms with van der Waals surface area (Å²) in [6.07, 6.45) is 0. The van der Waals surface area contributed by atoms with Crippen LogP contribution in [0.2, 0.25) is 0 Å². The van der Waals surface area contributed by atoms with Crippen molar-refractivity contribution in [2.45, 2.75) is 5.41 Å². The predicted molar refractivity (Wildman–Crippen MR) is 247 cm³/mol. The van der Waals surface area contributed by atoms with Crippen LogP contribution in [-0.2, 0) is 5.41 Å². The summed E-state index contributed by atoms with van der Waals surface area (Å²) in [5, 5.41) is 3.67. The van der Waals surface area contributed by atoms with Crippen molar-refractivity contribution in [1.29, 1.82) is 0 Å². The molecule has 3 heteroatoms. The molecule has 0 aliphatic heterocycles. The standard InChI is InChI=1S/C57H36N2O/c1-3-15-39(16-4-1)58(40-17-5-2-6-18-40)42-32-34-44-43-19-7-11-23-49(43)57(51(44)36-42)50-35-38(29-33-47(50)55-48-22-10-14-26-54(48)60-56(55)57)37-27-30-41(31-28-37)59-52-24-12-8-20-45(52)46-21-9-13-25-53(46)59/h1-36H. The number of fused-ring (bicyclic) bond motifs is 15. The quantitative estimate of drug-likeness (QED) is 0.174. The maximum Gasteiger partial charge on any atom is 0.135 e. The second-order valence-electron chi connectivity index (χ2n) is 16.0. The Hall–Kier alpha value is -7.88. The van der Waals surface area contributed by atoms with Crippen molar-refractivity contribution in [1.82, 2.24) is 4.57 Å². The largest absolute Gasteiger partial charge is 0.459 e. The number of rotatable bonds is 5. The van der Waals surface area contributed by atoms with Gasteiger partial charge in [0.1, 0.15) is 16.8 Å². The van der Waals surface area contributed by atoms with Crippen molar-refractivity contribution in [3.05, 3.63) is 241 Å². The maximum atomic E-state index is 7.17. The lowest BCUT2D eigenvalue weighted by atomic mass is 9.72. The molecule has 2 heterocycles. The third kappa shape index (κ3) is 4.49. The molecule has 0 radical (unpaired) electrons. The van der Waals surface area contributed by atoms with Crippen molar-refractivity contribution < 1.29 is 4.42 Å². The minimum absolute atomic E-state index is 0.677. The number of aromatic nitrogens is 1. The Kier molecular flexibility index (Phi) is 6.93. The molecule has 0 fully saturated rings. The zero-order valence-corrected chi connectivity index (χ0v) is 32.6. The van der Waals surface area contributed by atoms with Gasteiger partial charge in [0, 0.05) is 44.5 Å². The highest BCUT2D eigenvalue weighted by molar-refractivity contribution is 6.09. The van der Waals surface area contributed by atoms with E-state index in [1.54, 1.807) is 0 Å². The van der Waals surface area contributed by atoms with Gasteiger partial charge in [0.2, 0.25) is 0 Å². The third-order valence-electron chi connectivity index (χ3n) is 13.0.